The van der Waals surface area contributed by atoms with Crippen molar-refractivity contribution in [2.75, 3.05) is 32.7 Å². The summed E-state index contributed by atoms with van der Waals surface area (Å²) in [5.41, 5.74) is 2.10. The summed E-state index contributed by atoms with van der Waals surface area (Å²) in [4.78, 5) is 64.3. The van der Waals surface area contributed by atoms with Crippen molar-refractivity contribution in [3.8, 4) is 18.0 Å². The molecule has 1 atom stereocenters. The zero-order valence-corrected chi connectivity index (χ0v) is 22.8. The Morgan fingerprint density at radius 2 is 1.88 bits per heavy atom. The number of carboxylic acid groups (broad SMARTS) is 1. The molecule has 4 heterocycles. The van der Waals surface area contributed by atoms with Gasteiger partial charge in [0.1, 0.15) is 6.04 Å². The molecule has 0 spiro atoms. The summed E-state index contributed by atoms with van der Waals surface area (Å²) in [7, 11) is 0. The molecule has 0 saturated carbocycles. The van der Waals surface area contributed by atoms with Gasteiger partial charge in [0, 0.05) is 51.1 Å². The van der Waals surface area contributed by atoms with Crippen LogP contribution in [0.25, 0.3) is 5.69 Å². The van der Waals surface area contributed by atoms with E-state index in [4.69, 9.17) is 16.3 Å². The summed E-state index contributed by atoms with van der Waals surface area (Å²) in [6.07, 6.45) is 3.93. The maximum absolute atomic E-state index is 13.1. The molecule has 3 aliphatic heterocycles. The van der Waals surface area contributed by atoms with Gasteiger partial charge in [-0.05, 0) is 37.1 Å². The Bertz CT molecular complexity index is 1470. The van der Waals surface area contributed by atoms with Crippen LogP contribution < -0.4 is 5.32 Å². The van der Waals surface area contributed by atoms with E-state index in [0.29, 0.717) is 43.7 Å². The summed E-state index contributed by atoms with van der Waals surface area (Å²) in [5, 5.41) is 17.6. The van der Waals surface area contributed by atoms with Crippen molar-refractivity contribution in [2.45, 2.75) is 44.4 Å². The fraction of sp³-hybridized carbons (Fsp3) is 0.444. The first kappa shape index (κ1) is 31.2. The van der Waals surface area contributed by atoms with Crippen molar-refractivity contribution in [3.63, 3.8) is 0 Å². The number of nitrogens with one attached hydrogen (secondary N) is 1. The van der Waals surface area contributed by atoms with E-state index in [2.05, 4.69) is 26.4 Å². The van der Waals surface area contributed by atoms with Gasteiger partial charge in [0.2, 0.25) is 11.8 Å². The van der Waals surface area contributed by atoms with Gasteiger partial charge in [0.05, 0.1) is 11.9 Å². The second-order valence-corrected chi connectivity index (χ2v) is 10.0. The topological polar surface area (TPSA) is 158 Å². The molecule has 3 aliphatic rings. The van der Waals surface area contributed by atoms with E-state index in [1.165, 1.54) is 9.58 Å². The lowest BCUT2D eigenvalue weighted by Crippen LogP contribution is -2.52. The van der Waals surface area contributed by atoms with Crippen LogP contribution >= 0.6 is 0 Å². The summed E-state index contributed by atoms with van der Waals surface area (Å²) >= 11 is 0. The lowest BCUT2D eigenvalue weighted by atomic mass is 10.0. The zero-order valence-electron chi connectivity index (χ0n) is 22.8. The molecule has 13 nitrogen and oxygen atoms in total. The SMILES string of the molecule is C#CCCN1CCCN(C(=O)c2cn(-c3ccc4c(c3)C(=O)N(C3CCC(=O)NC3=O)C4)nn2)CC1.O=C(O)C(F)(F)F. The van der Waals surface area contributed by atoms with Crippen LogP contribution in [-0.2, 0) is 20.9 Å². The molecule has 1 unspecified atom stereocenters. The largest absolute Gasteiger partial charge is 0.490 e. The lowest BCUT2D eigenvalue weighted by Gasteiger charge is -2.29. The number of alkyl halides is 3. The molecule has 4 amide bonds. The third-order valence-corrected chi connectivity index (χ3v) is 7.18. The second kappa shape index (κ2) is 13.0. The summed E-state index contributed by atoms with van der Waals surface area (Å²) < 4.78 is 33.2. The number of fused-ring (bicyclic) bond motifs is 1. The number of carbonyl (C=O) groups is 5. The molecule has 1 aromatic carbocycles. The van der Waals surface area contributed by atoms with E-state index in [-0.39, 0.29) is 29.8 Å². The van der Waals surface area contributed by atoms with E-state index < -0.39 is 24.1 Å². The first-order valence-electron chi connectivity index (χ1n) is 13.3. The van der Waals surface area contributed by atoms with E-state index >= 15 is 0 Å². The van der Waals surface area contributed by atoms with Crippen LogP contribution in [0.15, 0.2) is 24.4 Å². The van der Waals surface area contributed by atoms with E-state index in [1.807, 2.05) is 6.07 Å². The van der Waals surface area contributed by atoms with Gasteiger partial charge in [-0.25, -0.2) is 9.48 Å². The molecule has 2 saturated heterocycles. The highest BCUT2D eigenvalue weighted by atomic mass is 19.4. The molecule has 0 aliphatic carbocycles. The number of hydrogen-bond donors (Lipinski definition) is 2. The number of nitrogens with zero attached hydrogens (tertiary/aromatic N) is 6. The van der Waals surface area contributed by atoms with Crippen LogP contribution in [0.1, 0.15) is 52.1 Å². The maximum atomic E-state index is 13.1. The number of piperidine rings is 1. The number of hydrogen-bond acceptors (Lipinski definition) is 8. The Hall–Kier alpha value is -4.78. The van der Waals surface area contributed by atoms with Gasteiger partial charge in [-0.1, -0.05) is 11.3 Å². The van der Waals surface area contributed by atoms with Crippen molar-refractivity contribution < 1.29 is 42.3 Å². The molecule has 1 aromatic heterocycles. The number of carboxylic acids is 1. The van der Waals surface area contributed by atoms with Crippen LogP contribution in [0.4, 0.5) is 13.2 Å². The smallest absolute Gasteiger partial charge is 0.475 e. The minimum Gasteiger partial charge on any atom is -0.475 e. The minimum atomic E-state index is -5.08. The van der Waals surface area contributed by atoms with Crippen molar-refractivity contribution in [3.05, 3.63) is 41.2 Å². The zero-order chi connectivity index (χ0) is 31.3. The van der Waals surface area contributed by atoms with E-state index in [1.54, 1.807) is 23.2 Å². The Balaban J connectivity index is 0.000000541. The number of aromatic nitrogens is 3. The molecule has 2 N–H and O–H groups in total. The second-order valence-electron chi connectivity index (χ2n) is 10.0. The molecular formula is C27H28F3N7O6. The van der Waals surface area contributed by atoms with E-state index in [0.717, 1.165) is 31.6 Å². The van der Waals surface area contributed by atoms with Crippen molar-refractivity contribution in [1.29, 1.82) is 0 Å². The average Bonchev–Trinajstić information content (AvgIpc) is 3.49. The van der Waals surface area contributed by atoms with Crippen LogP contribution in [-0.4, -0.2) is 109 Å². The molecule has 16 heteroatoms. The Morgan fingerprint density at radius 3 is 2.56 bits per heavy atom. The number of benzene rings is 1. The first-order valence-corrected chi connectivity index (χ1v) is 13.3. The third kappa shape index (κ3) is 7.36. The average molecular weight is 604 g/mol. The maximum Gasteiger partial charge on any atom is 0.490 e. The predicted octanol–water partition coefficient (Wildman–Crippen LogP) is 0.833. The fourth-order valence-electron chi connectivity index (χ4n) is 4.96. The minimum absolute atomic E-state index is 0.179. The van der Waals surface area contributed by atoms with Gasteiger partial charge in [0.25, 0.3) is 11.8 Å². The normalized spacial score (nSPS) is 19.1. The summed E-state index contributed by atoms with van der Waals surface area (Å²) in [5.74, 6) is -1.31. The standard InChI is InChI=1S/C25H27N7O4.C2HF3O2/c1-2-3-9-29-10-4-11-30(13-12-29)25(36)20-16-32(28-27-20)18-6-5-17-15-31(24(35)19(17)14-18)21-7-8-22(33)26-23(21)34;3-2(4,5)1(6)7/h1,5-6,14,16,21H,3-4,7-13,15H2,(H,26,33,34);(H,6,7). The molecule has 43 heavy (non-hydrogen) atoms. The number of rotatable bonds is 5. The Labute approximate surface area is 243 Å². The molecule has 2 aromatic rings. The van der Waals surface area contributed by atoms with Gasteiger partial charge in [-0.15, -0.1) is 17.4 Å². The highest BCUT2D eigenvalue weighted by Crippen LogP contribution is 2.29. The summed E-state index contributed by atoms with van der Waals surface area (Å²) in [6, 6.07) is 4.65. The monoisotopic (exact) mass is 603 g/mol. The van der Waals surface area contributed by atoms with Crippen LogP contribution in [0.5, 0.6) is 0 Å². The number of terminal acetylenes is 1. The highest BCUT2D eigenvalue weighted by molar-refractivity contribution is 6.05. The quantitative estimate of drug-likeness (QED) is 0.373. The van der Waals surface area contributed by atoms with E-state index in [9.17, 15) is 32.3 Å². The fourth-order valence-corrected chi connectivity index (χ4v) is 4.96. The van der Waals surface area contributed by atoms with Gasteiger partial charge in [0.15, 0.2) is 5.69 Å². The number of amides is 4. The third-order valence-electron chi connectivity index (χ3n) is 7.18. The predicted molar refractivity (Wildman–Crippen MR) is 142 cm³/mol. The first-order chi connectivity index (χ1) is 20.4. The molecule has 5 rings (SSSR count). The van der Waals surface area contributed by atoms with Crippen molar-refractivity contribution in [2.24, 2.45) is 0 Å². The molecule has 0 radical (unpaired) electrons. The summed E-state index contributed by atoms with van der Waals surface area (Å²) in [6.45, 7) is 4.03. The molecule has 2 fully saturated rings. The number of aliphatic carboxylic acids is 1. The Kier molecular flexibility index (Phi) is 9.44. The van der Waals surface area contributed by atoms with Gasteiger partial charge in [-0.3, -0.25) is 24.5 Å². The molecule has 0 bridgehead atoms. The van der Waals surface area contributed by atoms with Gasteiger partial charge < -0.3 is 19.8 Å². The van der Waals surface area contributed by atoms with Crippen molar-refractivity contribution in [1.82, 2.24) is 35.0 Å². The number of imide groups is 1. The number of carbonyl (C=O) groups excluding carboxylic acids is 4. The number of halogens is 3. The van der Waals surface area contributed by atoms with Crippen LogP contribution in [0.3, 0.4) is 0 Å². The van der Waals surface area contributed by atoms with Gasteiger partial charge >= 0.3 is 12.1 Å². The van der Waals surface area contributed by atoms with Crippen molar-refractivity contribution >= 4 is 29.6 Å². The Morgan fingerprint density at radius 1 is 1.14 bits per heavy atom. The molecule has 228 valence electrons. The highest BCUT2D eigenvalue weighted by Gasteiger charge is 2.39. The van der Waals surface area contributed by atoms with Gasteiger partial charge in [-0.2, -0.15) is 13.2 Å². The molecular weight excluding hydrogens is 575 g/mol. The lowest BCUT2D eigenvalue weighted by molar-refractivity contribution is -0.192. The van der Waals surface area contributed by atoms with Crippen LogP contribution in [0.2, 0.25) is 0 Å². The van der Waals surface area contributed by atoms with Crippen LogP contribution in [0, 0.1) is 12.3 Å².